The number of nitro groups is 1. The number of carbonyl (C=O) groups excluding carboxylic acids is 3. The van der Waals surface area contributed by atoms with Gasteiger partial charge in [-0.1, -0.05) is 11.6 Å². The van der Waals surface area contributed by atoms with E-state index in [2.05, 4.69) is 10.6 Å². The number of amides is 2. The van der Waals surface area contributed by atoms with Crippen molar-refractivity contribution in [3.05, 3.63) is 38.9 Å². The summed E-state index contributed by atoms with van der Waals surface area (Å²) in [5.41, 5.74) is -0.456. The maximum absolute atomic E-state index is 11.9. The Bertz CT molecular complexity index is 735. The number of rotatable bonds is 8. The molecule has 1 aromatic carbocycles. The first-order valence-electron chi connectivity index (χ1n) is 8.13. The zero-order valence-corrected chi connectivity index (χ0v) is 15.0. The molecule has 1 fully saturated rings. The van der Waals surface area contributed by atoms with Gasteiger partial charge in [0.1, 0.15) is 11.6 Å². The zero-order valence-electron chi connectivity index (χ0n) is 14.2. The largest absolute Gasteiger partial charge is 0.454 e. The number of nitrogens with one attached hydrogen (secondary N) is 2. The van der Waals surface area contributed by atoms with Gasteiger partial charge in [0.25, 0.3) is 17.5 Å². The normalized spacial score (nSPS) is 15.8. The summed E-state index contributed by atoms with van der Waals surface area (Å²) < 4.78 is 10.1. The summed E-state index contributed by atoms with van der Waals surface area (Å²) >= 11 is 5.67. The number of carbonyl (C=O) groups is 3. The number of hydrogen-bond acceptors (Lipinski definition) is 7. The van der Waals surface area contributed by atoms with E-state index in [1.54, 1.807) is 0 Å². The molecule has 1 heterocycles. The standard InChI is InChI=1S/C16H18ClN3O7/c17-12-4-3-10(6-13(12)20(24)25)16(23)19-8-15(22)27-9-14(21)18-7-11-2-1-5-26-11/h3-4,6,11H,1-2,5,7-9H2,(H,18,21)(H,19,23)/t11-/m1/s1. The molecule has 10 nitrogen and oxygen atoms in total. The first kappa shape index (κ1) is 20.6. The average Bonchev–Trinajstić information content (AvgIpc) is 3.16. The van der Waals surface area contributed by atoms with Crippen LogP contribution in [-0.2, 0) is 19.1 Å². The van der Waals surface area contributed by atoms with Gasteiger partial charge < -0.3 is 20.1 Å². The molecule has 11 heteroatoms. The van der Waals surface area contributed by atoms with Gasteiger partial charge in [0.05, 0.1) is 11.0 Å². The molecule has 0 spiro atoms. The number of nitrogens with zero attached hydrogens (tertiary/aromatic N) is 1. The third kappa shape index (κ3) is 6.50. The fourth-order valence-electron chi connectivity index (χ4n) is 2.33. The van der Waals surface area contributed by atoms with E-state index in [9.17, 15) is 24.5 Å². The van der Waals surface area contributed by atoms with Crippen LogP contribution in [-0.4, -0.2) is 55.1 Å². The molecule has 2 rings (SSSR count). The van der Waals surface area contributed by atoms with E-state index in [1.165, 1.54) is 12.1 Å². The Balaban J connectivity index is 1.71. The molecule has 1 atom stereocenters. The van der Waals surface area contributed by atoms with Gasteiger partial charge in [-0.3, -0.25) is 24.5 Å². The van der Waals surface area contributed by atoms with Crippen LogP contribution in [0.2, 0.25) is 5.02 Å². The smallest absolute Gasteiger partial charge is 0.325 e. The van der Waals surface area contributed by atoms with Gasteiger partial charge in [-0.2, -0.15) is 0 Å². The molecular formula is C16H18ClN3O7. The van der Waals surface area contributed by atoms with Crippen molar-refractivity contribution in [2.24, 2.45) is 0 Å². The molecule has 2 N–H and O–H groups in total. The molecule has 0 aromatic heterocycles. The van der Waals surface area contributed by atoms with Crippen LogP contribution < -0.4 is 10.6 Å². The molecular weight excluding hydrogens is 382 g/mol. The van der Waals surface area contributed by atoms with Gasteiger partial charge in [-0.25, -0.2) is 0 Å². The lowest BCUT2D eigenvalue weighted by molar-refractivity contribution is -0.384. The second kappa shape index (κ2) is 9.83. The van der Waals surface area contributed by atoms with Crippen LogP contribution in [0, 0.1) is 10.1 Å². The van der Waals surface area contributed by atoms with Crippen LogP contribution in [0.25, 0.3) is 0 Å². The highest BCUT2D eigenvalue weighted by Gasteiger charge is 2.18. The number of hydrogen-bond donors (Lipinski definition) is 2. The zero-order chi connectivity index (χ0) is 19.8. The molecule has 0 saturated carbocycles. The monoisotopic (exact) mass is 399 g/mol. The average molecular weight is 400 g/mol. The van der Waals surface area contributed by atoms with Crippen LogP contribution in [0.5, 0.6) is 0 Å². The summed E-state index contributed by atoms with van der Waals surface area (Å²) in [4.78, 5) is 45.2. The lowest BCUT2D eigenvalue weighted by Gasteiger charge is -2.11. The Morgan fingerprint density at radius 1 is 1.33 bits per heavy atom. The second-order valence-electron chi connectivity index (χ2n) is 5.71. The SMILES string of the molecule is O=C(COC(=O)CNC(=O)c1ccc(Cl)c([N+](=O)[O-])c1)NC[C@H]1CCCO1. The predicted molar refractivity (Wildman–Crippen MR) is 93.4 cm³/mol. The summed E-state index contributed by atoms with van der Waals surface area (Å²) in [7, 11) is 0. The van der Waals surface area contributed by atoms with Crippen LogP contribution in [0.15, 0.2) is 18.2 Å². The number of ether oxygens (including phenoxy) is 2. The van der Waals surface area contributed by atoms with E-state index >= 15 is 0 Å². The number of halogens is 1. The van der Waals surface area contributed by atoms with Crippen LogP contribution >= 0.6 is 11.6 Å². The highest BCUT2D eigenvalue weighted by Crippen LogP contribution is 2.24. The van der Waals surface area contributed by atoms with Crippen molar-refractivity contribution in [1.29, 1.82) is 0 Å². The summed E-state index contributed by atoms with van der Waals surface area (Å²) in [6.07, 6.45) is 1.80. The minimum Gasteiger partial charge on any atom is -0.454 e. The van der Waals surface area contributed by atoms with Crippen molar-refractivity contribution in [2.75, 3.05) is 26.3 Å². The maximum Gasteiger partial charge on any atom is 0.325 e. The van der Waals surface area contributed by atoms with Gasteiger partial charge in [0.2, 0.25) is 0 Å². The van der Waals surface area contributed by atoms with Crippen molar-refractivity contribution in [2.45, 2.75) is 18.9 Å². The maximum atomic E-state index is 11.9. The first-order valence-corrected chi connectivity index (χ1v) is 8.50. The molecule has 1 aromatic rings. The van der Waals surface area contributed by atoms with E-state index in [1.807, 2.05) is 0 Å². The van der Waals surface area contributed by atoms with Crippen molar-refractivity contribution >= 4 is 35.1 Å². The number of benzene rings is 1. The summed E-state index contributed by atoms with van der Waals surface area (Å²) in [5, 5.41) is 15.6. The second-order valence-corrected chi connectivity index (χ2v) is 6.11. The van der Waals surface area contributed by atoms with Gasteiger partial charge in [-0.15, -0.1) is 0 Å². The molecule has 27 heavy (non-hydrogen) atoms. The van der Waals surface area contributed by atoms with Crippen LogP contribution in [0.4, 0.5) is 5.69 Å². The Hall–Kier alpha value is -2.72. The van der Waals surface area contributed by atoms with E-state index in [0.29, 0.717) is 13.2 Å². The highest BCUT2D eigenvalue weighted by molar-refractivity contribution is 6.32. The van der Waals surface area contributed by atoms with Crippen LogP contribution in [0.3, 0.4) is 0 Å². The quantitative estimate of drug-likeness (QED) is 0.375. The highest BCUT2D eigenvalue weighted by atomic mass is 35.5. The summed E-state index contributed by atoms with van der Waals surface area (Å²) in [6.45, 7) is 0.0522. The molecule has 0 unspecified atom stereocenters. The lowest BCUT2D eigenvalue weighted by Crippen LogP contribution is -2.36. The van der Waals surface area contributed by atoms with E-state index in [4.69, 9.17) is 21.1 Å². The Kier molecular flexibility index (Phi) is 7.50. The lowest BCUT2D eigenvalue weighted by atomic mass is 10.2. The Morgan fingerprint density at radius 3 is 2.78 bits per heavy atom. The topological polar surface area (TPSA) is 137 Å². The Labute approximate surface area is 159 Å². The van der Waals surface area contributed by atoms with E-state index in [0.717, 1.165) is 18.9 Å². The van der Waals surface area contributed by atoms with Crippen molar-refractivity contribution in [3.8, 4) is 0 Å². The van der Waals surface area contributed by atoms with Gasteiger partial charge in [0, 0.05) is 24.8 Å². The molecule has 2 amide bonds. The van der Waals surface area contributed by atoms with E-state index in [-0.39, 0.29) is 16.7 Å². The van der Waals surface area contributed by atoms with Gasteiger partial charge in [-0.05, 0) is 25.0 Å². The predicted octanol–water partition coefficient (Wildman–Crippen LogP) is 0.816. The third-order valence-electron chi connectivity index (χ3n) is 3.71. The molecule has 0 aliphatic carbocycles. The molecule has 1 aliphatic rings. The third-order valence-corrected chi connectivity index (χ3v) is 4.03. The summed E-state index contributed by atoms with van der Waals surface area (Å²) in [5.74, 6) is -2.01. The minimum atomic E-state index is -0.820. The first-order chi connectivity index (χ1) is 12.9. The van der Waals surface area contributed by atoms with Gasteiger partial charge in [0.15, 0.2) is 6.61 Å². The van der Waals surface area contributed by atoms with Gasteiger partial charge >= 0.3 is 5.97 Å². The van der Waals surface area contributed by atoms with E-state index < -0.39 is 41.5 Å². The molecule has 1 aliphatic heterocycles. The fraction of sp³-hybridized carbons (Fsp3) is 0.438. The van der Waals surface area contributed by atoms with Crippen molar-refractivity contribution in [1.82, 2.24) is 10.6 Å². The number of esters is 1. The molecule has 1 saturated heterocycles. The minimum absolute atomic E-state index is 0.0210. The van der Waals surface area contributed by atoms with Crippen LogP contribution in [0.1, 0.15) is 23.2 Å². The molecule has 0 bridgehead atoms. The Morgan fingerprint density at radius 2 is 2.11 bits per heavy atom. The molecule has 0 radical (unpaired) electrons. The summed E-state index contributed by atoms with van der Waals surface area (Å²) in [6, 6.07) is 3.50. The van der Waals surface area contributed by atoms with Crippen molar-refractivity contribution in [3.63, 3.8) is 0 Å². The van der Waals surface area contributed by atoms with Crippen molar-refractivity contribution < 1.29 is 28.8 Å². The number of nitro benzene ring substituents is 1. The molecule has 146 valence electrons. The fourth-order valence-corrected chi connectivity index (χ4v) is 2.52.